The van der Waals surface area contributed by atoms with E-state index in [1.807, 2.05) is 0 Å². The lowest BCUT2D eigenvalue weighted by molar-refractivity contribution is -0.0499. The summed E-state index contributed by atoms with van der Waals surface area (Å²) in [6.45, 7) is 0. The summed E-state index contributed by atoms with van der Waals surface area (Å²) in [5.74, 6) is -1.01. The van der Waals surface area contributed by atoms with Crippen LogP contribution in [0.1, 0.15) is 0 Å². The van der Waals surface area contributed by atoms with E-state index in [1.165, 1.54) is 12.1 Å². The van der Waals surface area contributed by atoms with Crippen molar-refractivity contribution in [1.29, 1.82) is 0 Å². The molecule has 2 aromatic rings. The quantitative estimate of drug-likeness (QED) is 0.697. The molecule has 0 bridgehead atoms. The first-order valence-corrected chi connectivity index (χ1v) is 7.01. The summed E-state index contributed by atoms with van der Waals surface area (Å²) >= 11 is 0. The van der Waals surface area contributed by atoms with Gasteiger partial charge in [0, 0.05) is 11.6 Å². The minimum atomic E-state index is -5.81. The number of benzene rings is 2. The van der Waals surface area contributed by atoms with Gasteiger partial charge in [0.15, 0.2) is 5.75 Å². The average Bonchev–Trinajstić information content (AvgIpc) is 2.38. The summed E-state index contributed by atoms with van der Waals surface area (Å²) in [6, 6.07) is 11.4. The topological polar surface area (TPSA) is 63.6 Å². The molecule has 112 valence electrons. The van der Waals surface area contributed by atoms with Crippen molar-refractivity contribution in [3.8, 4) is 22.6 Å². The van der Waals surface area contributed by atoms with E-state index < -0.39 is 27.1 Å². The third-order valence-electron chi connectivity index (χ3n) is 2.53. The fraction of sp³-hybridized carbons (Fsp3) is 0.0769. The van der Waals surface area contributed by atoms with E-state index in [1.54, 1.807) is 30.3 Å². The Balaban J connectivity index is 2.52. The second-order valence-electron chi connectivity index (χ2n) is 4.03. The molecule has 0 aliphatic rings. The highest BCUT2D eigenvalue weighted by molar-refractivity contribution is 7.88. The number of phenolic OH excluding ortho intramolecular Hbond substituents is 1. The first kappa shape index (κ1) is 15.2. The second-order valence-corrected chi connectivity index (χ2v) is 5.57. The zero-order valence-electron chi connectivity index (χ0n) is 10.3. The number of hydrogen-bond acceptors (Lipinski definition) is 4. The van der Waals surface area contributed by atoms with Gasteiger partial charge in [-0.25, -0.2) is 0 Å². The van der Waals surface area contributed by atoms with Gasteiger partial charge in [0.05, 0.1) is 0 Å². The Morgan fingerprint density at radius 1 is 1.00 bits per heavy atom. The third kappa shape index (κ3) is 3.27. The number of phenols is 1. The molecule has 1 N–H and O–H groups in total. The van der Waals surface area contributed by atoms with Gasteiger partial charge in [-0.1, -0.05) is 30.3 Å². The van der Waals surface area contributed by atoms with Crippen LogP contribution < -0.4 is 4.18 Å². The summed E-state index contributed by atoms with van der Waals surface area (Å²) in [5, 5.41) is 9.33. The Morgan fingerprint density at radius 2 is 1.62 bits per heavy atom. The molecule has 0 fully saturated rings. The molecule has 0 heterocycles. The van der Waals surface area contributed by atoms with E-state index in [9.17, 15) is 26.7 Å². The minimum Gasteiger partial charge on any atom is -0.508 e. The van der Waals surface area contributed by atoms with Crippen molar-refractivity contribution in [2.45, 2.75) is 5.51 Å². The van der Waals surface area contributed by atoms with E-state index in [0.717, 1.165) is 6.07 Å². The molecular formula is C13H9F3O4S. The molecule has 0 saturated carbocycles. The van der Waals surface area contributed by atoms with Crippen LogP contribution in [0, 0.1) is 0 Å². The fourth-order valence-electron chi connectivity index (χ4n) is 1.60. The molecule has 21 heavy (non-hydrogen) atoms. The van der Waals surface area contributed by atoms with Gasteiger partial charge in [-0.3, -0.25) is 0 Å². The van der Waals surface area contributed by atoms with Gasteiger partial charge in [0.1, 0.15) is 5.75 Å². The third-order valence-corrected chi connectivity index (χ3v) is 3.50. The predicted molar refractivity (Wildman–Crippen MR) is 69.1 cm³/mol. The number of rotatable bonds is 3. The average molecular weight is 318 g/mol. The van der Waals surface area contributed by atoms with Crippen molar-refractivity contribution in [2.75, 3.05) is 0 Å². The van der Waals surface area contributed by atoms with Crippen LogP contribution in [0.4, 0.5) is 13.2 Å². The molecule has 2 aromatic carbocycles. The van der Waals surface area contributed by atoms with Gasteiger partial charge < -0.3 is 9.29 Å². The van der Waals surface area contributed by atoms with E-state index in [2.05, 4.69) is 4.18 Å². The smallest absolute Gasteiger partial charge is 0.508 e. The highest BCUT2D eigenvalue weighted by Crippen LogP contribution is 2.36. The number of halogens is 3. The van der Waals surface area contributed by atoms with Crippen LogP contribution in [0.3, 0.4) is 0 Å². The Morgan fingerprint density at radius 3 is 2.19 bits per heavy atom. The molecule has 0 aromatic heterocycles. The van der Waals surface area contributed by atoms with E-state index in [0.29, 0.717) is 5.56 Å². The highest BCUT2D eigenvalue weighted by atomic mass is 32.2. The number of hydrogen-bond donors (Lipinski definition) is 1. The maximum Gasteiger partial charge on any atom is 0.534 e. The molecule has 4 nitrogen and oxygen atoms in total. The largest absolute Gasteiger partial charge is 0.534 e. The molecule has 8 heteroatoms. The van der Waals surface area contributed by atoms with Crippen molar-refractivity contribution < 1.29 is 30.9 Å². The van der Waals surface area contributed by atoms with Crippen LogP contribution in [-0.4, -0.2) is 19.0 Å². The zero-order chi connectivity index (χ0) is 15.7. The van der Waals surface area contributed by atoms with Gasteiger partial charge in [0.25, 0.3) is 0 Å². The Bertz CT molecular complexity index is 740. The first-order chi connectivity index (χ1) is 9.71. The Kier molecular flexibility index (Phi) is 3.82. The van der Waals surface area contributed by atoms with Crippen LogP contribution in [0.5, 0.6) is 11.5 Å². The molecule has 2 rings (SSSR count). The molecule has 0 unspecified atom stereocenters. The van der Waals surface area contributed by atoms with Crippen molar-refractivity contribution in [2.24, 2.45) is 0 Å². The van der Waals surface area contributed by atoms with Crippen LogP contribution in [0.2, 0.25) is 0 Å². The standard InChI is InChI=1S/C13H9F3O4S/c14-13(15,16)21(18,19)20-12-8-10(17)6-7-11(12)9-4-2-1-3-5-9/h1-8,17H. The van der Waals surface area contributed by atoms with Gasteiger partial charge in [-0.2, -0.15) is 21.6 Å². The van der Waals surface area contributed by atoms with Gasteiger partial charge in [-0.15, -0.1) is 0 Å². The summed E-state index contributed by atoms with van der Waals surface area (Å²) in [7, 11) is -5.81. The van der Waals surface area contributed by atoms with Crippen LogP contribution in [-0.2, 0) is 10.1 Å². The maximum absolute atomic E-state index is 12.4. The van der Waals surface area contributed by atoms with E-state index in [4.69, 9.17) is 0 Å². The number of aromatic hydroxyl groups is 1. The SMILES string of the molecule is O=S(=O)(Oc1cc(O)ccc1-c1ccccc1)C(F)(F)F. The molecule has 0 spiro atoms. The lowest BCUT2D eigenvalue weighted by Crippen LogP contribution is -2.28. The molecule has 0 aliphatic carbocycles. The Labute approximate surface area is 118 Å². The lowest BCUT2D eigenvalue weighted by Gasteiger charge is -2.13. The molecule has 0 aliphatic heterocycles. The van der Waals surface area contributed by atoms with Crippen molar-refractivity contribution in [3.05, 3.63) is 48.5 Å². The maximum atomic E-state index is 12.4. The second kappa shape index (κ2) is 5.28. The summed E-state index contributed by atoms with van der Waals surface area (Å²) in [5.41, 5.74) is -4.99. The van der Waals surface area contributed by atoms with Crippen LogP contribution in [0.15, 0.2) is 48.5 Å². The van der Waals surface area contributed by atoms with Gasteiger partial charge in [-0.05, 0) is 17.7 Å². The summed E-state index contributed by atoms with van der Waals surface area (Å²) < 4.78 is 63.4. The Hall–Kier alpha value is -2.22. The first-order valence-electron chi connectivity index (χ1n) is 5.60. The van der Waals surface area contributed by atoms with Crippen LogP contribution >= 0.6 is 0 Å². The van der Waals surface area contributed by atoms with Crippen molar-refractivity contribution in [1.82, 2.24) is 0 Å². The monoisotopic (exact) mass is 318 g/mol. The highest BCUT2D eigenvalue weighted by Gasteiger charge is 2.48. The lowest BCUT2D eigenvalue weighted by atomic mass is 10.0. The molecular weight excluding hydrogens is 309 g/mol. The van der Waals surface area contributed by atoms with Crippen LogP contribution in [0.25, 0.3) is 11.1 Å². The van der Waals surface area contributed by atoms with E-state index >= 15 is 0 Å². The number of alkyl halides is 3. The zero-order valence-corrected chi connectivity index (χ0v) is 11.1. The minimum absolute atomic E-state index is 0.112. The normalized spacial score (nSPS) is 12.1. The molecule has 0 saturated heterocycles. The summed E-state index contributed by atoms with van der Waals surface area (Å²) in [4.78, 5) is 0. The van der Waals surface area contributed by atoms with Crippen molar-refractivity contribution >= 4 is 10.1 Å². The van der Waals surface area contributed by atoms with Crippen molar-refractivity contribution in [3.63, 3.8) is 0 Å². The van der Waals surface area contributed by atoms with E-state index in [-0.39, 0.29) is 5.56 Å². The molecule has 0 amide bonds. The van der Waals surface area contributed by atoms with Gasteiger partial charge >= 0.3 is 15.6 Å². The molecule has 0 atom stereocenters. The fourth-order valence-corrected chi connectivity index (χ4v) is 2.07. The predicted octanol–water partition coefficient (Wildman–Crippen LogP) is 3.29. The summed E-state index contributed by atoms with van der Waals surface area (Å²) in [6.07, 6.45) is 0. The molecule has 0 radical (unpaired) electrons. The van der Waals surface area contributed by atoms with Gasteiger partial charge in [0.2, 0.25) is 0 Å².